The summed E-state index contributed by atoms with van der Waals surface area (Å²) >= 11 is 11.7. The average molecular weight is 345 g/mol. The zero-order valence-corrected chi connectivity index (χ0v) is 12.8. The number of hydrogen-bond donors (Lipinski definition) is 2. The van der Waals surface area contributed by atoms with Crippen molar-refractivity contribution in [2.75, 3.05) is 0 Å². The Morgan fingerprint density at radius 3 is 2.48 bits per heavy atom. The molecule has 2 aromatic heterocycles. The first-order valence-corrected chi connectivity index (χ1v) is 6.88. The number of phenolic OH excluding ortho intramolecular Hbond substituents is 1. The molecule has 0 spiro atoms. The number of aromatic amines is 1. The molecule has 7 nitrogen and oxygen atoms in total. The van der Waals surface area contributed by atoms with Gasteiger partial charge in [0.15, 0.2) is 22.6 Å². The Balaban J connectivity index is 2.39. The van der Waals surface area contributed by atoms with E-state index in [9.17, 15) is 10.4 Å². The third kappa shape index (κ3) is 2.29. The number of aromatic hydroxyl groups is 1. The third-order valence-electron chi connectivity index (χ3n) is 3.07. The summed E-state index contributed by atoms with van der Waals surface area (Å²) in [4.78, 5) is 11.2. The third-order valence-corrected chi connectivity index (χ3v) is 3.65. The maximum Gasteiger partial charge on any atom is 0.215 e. The lowest BCUT2D eigenvalue weighted by Crippen LogP contribution is -2.26. The molecule has 2 N–H and O–H groups in total. The number of fused-ring (bicyclic) bond motifs is 1. The molecule has 0 bridgehead atoms. The molecule has 0 saturated heterocycles. The van der Waals surface area contributed by atoms with Crippen LogP contribution in [-0.4, -0.2) is 19.5 Å². The topological polar surface area (TPSA) is 113 Å². The van der Waals surface area contributed by atoms with E-state index in [1.54, 1.807) is 0 Å². The summed E-state index contributed by atoms with van der Waals surface area (Å²) in [5.74, 6) is 0.0336. The van der Waals surface area contributed by atoms with Crippen molar-refractivity contribution in [1.82, 2.24) is 14.4 Å². The van der Waals surface area contributed by atoms with Crippen molar-refractivity contribution >= 4 is 41.2 Å². The van der Waals surface area contributed by atoms with Crippen molar-refractivity contribution in [2.24, 2.45) is 4.99 Å². The van der Waals surface area contributed by atoms with Crippen LogP contribution in [0.25, 0.3) is 12.4 Å². The molecular formula is C14H6Cl2N6O. The average Bonchev–Trinajstić information content (AvgIpc) is 3.00. The number of nitriles is 2. The van der Waals surface area contributed by atoms with Crippen LogP contribution >= 0.6 is 23.2 Å². The molecule has 0 radical (unpaired) electrons. The summed E-state index contributed by atoms with van der Waals surface area (Å²) in [6, 6.07) is 6.59. The Labute approximate surface area is 139 Å². The first-order valence-electron chi connectivity index (χ1n) is 6.12. The second-order valence-corrected chi connectivity index (χ2v) is 5.30. The highest BCUT2D eigenvalue weighted by atomic mass is 35.5. The van der Waals surface area contributed by atoms with Gasteiger partial charge in [-0.2, -0.15) is 15.5 Å². The summed E-state index contributed by atoms with van der Waals surface area (Å²) in [5, 5.41) is 28.3. The number of halogens is 2. The molecule has 0 atom stereocenters. The van der Waals surface area contributed by atoms with Crippen LogP contribution in [0.3, 0.4) is 0 Å². The Hall–Kier alpha value is -3.00. The van der Waals surface area contributed by atoms with Gasteiger partial charge in [0.05, 0.1) is 21.1 Å². The molecule has 0 saturated carbocycles. The minimum Gasteiger partial charge on any atom is -0.505 e. The predicted octanol–water partition coefficient (Wildman–Crippen LogP) is 1.78. The van der Waals surface area contributed by atoms with E-state index in [1.807, 2.05) is 12.1 Å². The van der Waals surface area contributed by atoms with Gasteiger partial charge < -0.3 is 10.1 Å². The van der Waals surface area contributed by atoms with Crippen LogP contribution in [0.5, 0.6) is 5.75 Å². The maximum absolute atomic E-state index is 9.58. The lowest BCUT2D eigenvalue weighted by Gasteiger charge is -2.01. The van der Waals surface area contributed by atoms with Crippen LogP contribution in [0.1, 0.15) is 11.4 Å². The molecule has 0 fully saturated rings. The Morgan fingerprint density at radius 1 is 1.26 bits per heavy atom. The van der Waals surface area contributed by atoms with E-state index in [0.29, 0.717) is 11.0 Å². The molecule has 3 aromatic rings. The van der Waals surface area contributed by atoms with Crippen molar-refractivity contribution in [2.45, 2.75) is 0 Å². The number of nitrogens with one attached hydrogen (secondary N) is 1. The molecule has 0 amide bonds. The Morgan fingerprint density at radius 2 is 1.91 bits per heavy atom. The Kier molecular flexibility index (Phi) is 3.45. The van der Waals surface area contributed by atoms with Gasteiger partial charge >= 0.3 is 0 Å². The van der Waals surface area contributed by atoms with Gasteiger partial charge in [0.25, 0.3) is 0 Å². The number of nitrogens with zero attached hydrogens (tertiary/aromatic N) is 5. The Bertz CT molecular complexity index is 1120. The molecule has 1 aromatic carbocycles. The fraction of sp³-hybridized carbons (Fsp3) is 0. The van der Waals surface area contributed by atoms with Gasteiger partial charge in [-0.05, 0) is 12.1 Å². The predicted molar refractivity (Wildman–Crippen MR) is 83.1 cm³/mol. The van der Waals surface area contributed by atoms with Crippen LogP contribution in [0.2, 0.25) is 10.0 Å². The molecule has 3 rings (SSSR count). The first-order chi connectivity index (χ1) is 11.0. The second-order valence-electron chi connectivity index (χ2n) is 4.49. The van der Waals surface area contributed by atoms with E-state index in [-0.39, 0.29) is 38.4 Å². The van der Waals surface area contributed by atoms with Crippen LogP contribution < -0.4 is 10.8 Å². The highest BCUT2D eigenvalue weighted by Crippen LogP contribution is 2.35. The van der Waals surface area contributed by atoms with Crippen molar-refractivity contribution in [3.8, 4) is 17.9 Å². The lowest BCUT2D eigenvalue weighted by molar-refractivity contribution is 0.476. The molecule has 0 aliphatic carbocycles. The smallest absolute Gasteiger partial charge is 0.215 e. The normalized spacial score (nSPS) is 11.6. The molecule has 0 aliphatic rings. The summed E-state index contributed by atoms with van der Waals surface area (Å²) < 4.78 is 1.38. The van der Waals surface area contributed by atoms with E-state index < -0.39 is 0 Å². The SMILES string of the molecule is C=c1[nH]c2nc(C#N)c(C#N)n2c1=Nc1cc(Cl)c(O)c(Cl)c1. The molecule has 2 heterocycles. The van der Waals surface area contributed by atoms with Crippen LogP contribution in [-0.2, 0) is 0 Å². The number of hydrogen-bond acceptors (Lipinski definition) is 5. The number of H-pyrrole nitrogens is 1. The largest absolute Gasteiger partial charge is 0.505 e. The van der Waals surface area contributed by atoms with Gasteiger partial charge in [-0.25, -0.2) is 4.99 Å². The van der Waals surface area contributed by atoms with Gasteiger partial charge in [-0.15, -0.1) is 0 Å². The quantitative estimate of drug-likeness (QED) is 0.700. The van der Waals surface area contributed by atoms with Crippen molar-refractivity contribution in [3.63, 3.8) is 0 Å². The summed E-state index contributed by atoms with van der Waals surface area (Å²) in [6.45, 7) is 3.80. The molecule has 23 heavy (non-hydrogen) atoms. The number of benzene rings is 1. The van der Waals surface area contributed by atoms with Gasteiger partial charge in [-0.1, -0.05) is 29.8 Å². The highest BCUT2D eigenvalue weighted by molar-refractivity contribution is 6.37. The zero-order chi connectivity index (χ0) is 16.7. The maximum atomic E-state index is 9.58. The molecule has 0 unspecified atom stereocenters. The highest BCUT2D eigenvalue weighted by Gasteiger charge is 2.15. The van der Waals surface area contributed by atoms with Gasteiger partial charge in [-0.3, -0.25) is 4.40 Å². The molecular weight excluding hydrogens is 339 g/mol. The number of aromatic nitrogens is 3. The first kappa shape index (κ1) is 14.9. The molecule has 112 valence electrons. The van der Waals surface area contributed by atoms with Gasteiger partial charge in [0.2, 0.25) is 5.78 Å². The molecule has 0 aliphatic heterocycles. The van der Waals surface area contributed by atoms with E-state index >= 15 is 0 Å². The number of imidazole rings is 2. The molecule has 9 heteroatoms. The van der Waals surface area contributed by atoms with Crippen LogP contribution in [0.4, 0.5) is 5.69 Å². The number of rotatable bonds is 1. The van der Waals surface area contributed by atoms with Crippen LogP contribution in [0.15, 0.2) is 17.1 Å². The van der Waals surface area contributed by atoms with Crippen LogP contribution in [0, 0.1) is 22.7 Å². The van der Waals surface area contributed by atoms with Crippen molar-refractivity contribution in [1.29, 1.82) is 10.5 Å². The second kappa shape index (κ2) is 5.33. The fourth-order valence-electron chi connectivity index (χ4n) is 2.07. The van der Waals surface area contributed by atoms with Gasteiger partial charge in [0, 0.05) is 0 Å². The lowest BCUT2D eigenvalue weighted by atomic mass is 10.3. The van der Waals surface area contributed by atoms with E-state index in [1.165, 1.54) is 16.5 Å². The number of phenols is 1. The van der Waals surface area contributed by atoms with E-state index in [4.69, 9.17) is 28.5 Å². The van der Waals surface area contributed by atoms with Crippen molar-refractivity contribution in [3.05, 3.63) is 44.4 Å². The summed E-state index contributed by atoms with van der Waals surface area (Å²) in [7, 11) is 0. The standard InChI is InChI=1S/C14H6Cl2N6O/c1-6-13(20-7-2-8(15)12(23)9(16)3-7)22-11(5-18)10(4-17)21-14(22)19-6/h2-3,23H,1H2,(H,19,21). The summed E-state index contributed by atoms with van der Waals surface area (Å²) in [6.07, 6.45) is 0. The fourth-order valence-corrected chi connectivity index (χ4v) is 2.55. The van der Waals surface area contributed by atoms with Gasteiger partial charge in [0.1, 0.15) is 12.1 Å². The zero-order valence-electron chi connectivity index (χ0n) is 11.3. The van der Waals surface area contributed by atoms with E-state index in [0.717, 1.165) is 0 Å². The summed E-state index contributed by atoms with van der Waals surface area (Å²) in [5.41, 5.74) is 0.656. The minimum atomic E-state index is -0.242. The monoisotopic (exact) mass is 344 g/mol. The minimum absolute atomic E-state index is 0.0167. The van der Waals surface area contributed by atoms with E-state index in [2.05, 4.69) is 21.5 Å². The van der Waals surface area contributed by atoms with Crippen molar-refractivity contribution < 1.29 is 5.11 Å².